The third kappa shape index (κ3) is 4.00. The molecule has 0 aliphatic carbocycles. The molecule has 1 amide bonds. The standard InChI is InChI=1S/C14H21ClN2O/c1-10(2)8-14(3,9-16)17-13(18)11-6-4-5-7-12(11)15/h4-7,10H,8-9,16H2,1-3H3,(H,17,18). The van der Waals surface area contributed by atoms with Gasteiger partial charge in [0.2, 0.25) is 0 Å². The molecule has 1 rings (SSSR count). The van der Waals surface area contributed by atoms with Gasteiger partial charge in [-0.25, -0.2) is 0 Å². The maximum absolute atomic E-state index is 12.2. The zero-order valence-electron chi connectivity index (χ0n) is 11.2. The summed E-state index contributed by atoms with van der Waals surface area (Å²) in [5, 5.41) is 3.44. The zero-order valence-corrected chi connectivity index (χ0v) is 11.9. The molecule has 0 fully saturated rings. The maximum Gasteiger partial charge on any atom is 0.253 e. The van der Waals surface area contributed by atoms with E-state index in [2.05, 4.69) is 19.2 Å². The average Bonchev–Trinajstić information content (AvgIpc) is 2.28. The van der Waals surface area contributed by atoms with Gasteiger partial charge in [-0.2, -0.15) is 0 Å². The molecule has 0 aromatic heterocycles. The topological polar surface area (TPSA) is 55.1 Å². The molecule has 0 spiro atoms. The van der Waals surface area contributed by atoms with E-state index in [9.17, 15) is 4.79 Å². The monoisotopic (exact) mass is 268 g/mol. The first-order chi connectivity index (χ1) is 8.38. The van der Waals surface area contributed by atoms with E-state index >= 15 is 0 Å². The predicted molar refractivity (Wildman–Crippen MR) is 75.8 cm³/mol. The molecule has 1 atom stereocenters. The number of nitrogens with one attached hydrogen (secondary N) is 1. The van der Waals surface area contributed by atoms with Crippen molar-refractivity contribution in [2.45, 2.75) is 32.7 Å². The van der Waals surface area contributed by atoms with Crippen LogP contribution in [0.15, 0.2) is 24.3 Å². The largest absolute Gasteiger partial charge is 0.346 e. The van der Waals surface area contributed by atoms with Crippen LogP contribution in [0.5, 0.6) is 0 Å². The van der Waals surface area contributed by atoms with Crippen LogP contribution in [-0.4, -0.2) is 18.0 Å². The van der Waals surface area contributed by atoms with Crippen molar-refractivity contribution in [3.63, 3.8) is 0 Å². The van der Waals surface area contributed by atoms with E-state index in [0.29, 0.717) is 23.0 Å². The van der Waals surface area contributed by atoms with Gasteiger partial charge in [0.15, 0.2) is 0 Å². The molecule has 0 aliphatic rings. The highest BCUT2D eigenvalue weighted by molar-refractivity contribution is 6.33. The molecule has 3 N–H and O–H groups in total. The Bertz CT molecular complexity index is 420. The third-order valence-electron chi connectivity index (χ3n) is 2.84. The van der Waals surface area contributed by atoms with Crippen LogP contribution in [0.4, 0.5) is 0 Å². The zero-order chi connectivity index (χ0) is 13.8. The molecule has 1 aromatic rings. The lowest BCUT2D eigenvalue weighted by Crippen LogP contribution is -2.52. The van der Waals surface area contributed by atoms with Gasteiger partial charge in [0.05, 0.1) is 10.6 Å². The number of rotatable bonds is 5. The average molecular weight is 269 g/mol. The molecule has 0 bridgehead atoms. The van der Waals surface area contributed by atoms with E-state index in [1.165, 1.54) is 0 Å². The molecule has 0 aliphatic heterocycles. The molecule has 18 heavy (non-hydrogen) atoms. The summed E-state index contributed by atoms with van der Waals surface area (Å²) in [7, 11) is 0. The van der Waals surface area contributed by atoms with Gasteiger partial charge in [0.1, 0.15) is 0 Å². The van der Waals surface area contributed by atoms with Crippen LogP contribution in [0.1, 0.15) is 37.6 Å². The number of amides is 1. The molecule has 3 nitrogen and oxygen atoms in total. The van der Waals surface area contributed by atoms with Crippen molar-refractivity contribution >= 4 is 17.5 Å². The maximum atomic E-state index is 12.2. The van der Waals surface area contributed by atoms with E-state index in [0.717, 1.165) is 6.42 Å². The molecule has 0 saturated heterocycles. The van der Waals surface area contributed by atoms with Gasteiger partial charge in [0.25, 0.3) is 5.91 Å². The van der Waals surface area contributed by atoms with Crippen molar-refractivity contribution in [1.29, 1.82) is 0 Å². The Hall–Kier alpha value is -1.06. The van der Waals surface area contributed by atoms with E-state index < -0.39 is 5.54 Å². The van der Waals surface area contributed by atoms with Gasteiger partial charge in [-0.3, -0.25) is 4.79 Å². The summed E-state index contributed by atoms with van der Waals surface area (Å²) in [5.41, 5.74) is 5.86. The molecular weight excluding hydrogens is 248 g/mol. The fourth-order valence-electron chi connectivity index (χ4n) is 2.07. The van der Waals surface area contributed by atoms with Crippen molar-refractivity contribution in [3.8, 4) is 0 Å². The number of carbonyl (C=O) groups is 1. The summed E-state index contributed by atoms with van der Waals surface area (Å²) in [4.78, 5) is 12.2. The first-order valence-electron chi connectivity index (χ1n) is 6.15. The van der Waals surface area contributed by atoms with Crippen molar-refractivity contribution in [1.82, 2.24) is 5.32 Å². The highest BCUT2D eigenvalue weighted by Gasteiger charge is 2.26. The Balaban J connectivity index is 2.83. The molecule has 100 valence electrons. The minimum atomic E-state index is -0.398. The van der Waals surface area contributed by atoms with Crippen LogP contribution in [-0.2, 0) is 0 Å². The molecule has 4 heteroatoms. The van der Waals surface area contributed by atoms with Gasteiger partial charge < -0.3 is 11.1 Å². The summed E-state index contributed by atoms with van der Waals surface area (Å²) in [6.07, 6.45) is 0.833. The summed E-state index contributed by atoms with van der Waals surface area (Å²) in [5.74, 6) is 0.291. The second kappa shape index (κ2) is 6.21. The van der Waals surface area contributed by atoms with Crippen LogP contribution in [0, 0.1) is 5.92 Å². The second-order valence-corrected chi connectivity index (χ2v) is 5.70. The highest BCUT2D eigenvalue weighted by atomic mass is 35.5. The van der Waals surface area contributed by atoms with Crippen LogP contribution in [0.3, 0.4) is 0 Å². The summed E-state index contributed by atoms with van der Waals surface area (Å²) >= 11 is 6.00. The minimum Gasteiger partial charge on any atom is -0.346 e. The molecule has 1 aromatic carbocycles. The van der Waals surface area contributed by atoms with Crippen LogP contribution < -0.4 is 11.1 Å². The quantitative estimate of drug-likeness (QED) is 0.863. The highest BCUT2D eigenvalue weighted by Crippen LogP contribution is 2.19. The van der Waals surface area contributed by atoms with Crippen molar-refractivity contribution in [2.75, 3.05) is 6.54 Å². The van der Waals surface area contributed by atoms with E-state index in [4.69, 9.17) is 17.3 Å². The van der Waals surface area contributed by atoms with Crippen molar-refractivity contribution in [3.05, 3.63) is 34.9 Å². The number of carbonyl (C=O) groups excluding carboxylic acids is 1. The minimum absolute atomic E-state index is 0.172. The van der Waals surface area contributed by atoms with Gasteiger partial charge >= 0.3 is 0 Å². The normalized spacial score (nSPS) is 14.3. The molecule has 0 heterocycles. The lowest BCUT2D eigenvalue weighted by Gasteiger charge is -2.31. The van der Waals surface area contributed by atoms with Crippen LogP contribution >= 0.6 is 11.6 Å². The van der Waals surface area contributed by atoms with Crippen molar-refractivity contribution < 1.29 is 4.79 Å². The Labute approximate surface area is 114 Å². The van der Waals surface area contributed by atoms with Crippen molar-refractivity contribution in [2.24, 2.45) is 11.7 Å². The van der Waals surface area contributed by atoms with Gasteiger partial charge in [-0.1, -0.05) is 37.6 Å². The number of benzene rings is 1. The SMILES string of the molecule is CC(C)CC(C)(CN)NC(=O)c1ccccc1Cl. The summed E-state index contributed by atoms with van der Waals surface area (Å²) in [6.45, 7) is 6.58. The lowest BCUT2D eigenvalue weighted by molar-refractivity contribution is 0.0898. The Morgan fingerprint density at radius 2 is 2.06 bits per heavy atom. The smallest absolute Gasteiger partial charge is 0.253 e. The van der Waals surface area contributed by atoms with E-state index in [-0.39, 0.29) is 5.91 Å². The molecule has 0 radical (unpaired) electrons. The van der Waals surface area contributed by atoms with Gasteiger partial charge in [-0.05, 0) is 31.4 Å². The first-order valence-corrected chi connectivity index (χ1v) is 6.53. The number of hydrogen-bond donors (Lipinski definition) is 2. The number of nitrogens with two attached hydrogens (primary N) is 1. The van der Waals surface area contributed by atoms with E-state index in [1.807, 2.05) is 6.92 Å². The Kier molecular flexibility index (Phi) is 5.17. The van der Waals surface area contributed by atoms with Gasteiger partial charge in [0, 0.05) is 12.1 Å². The third-order valence-corrected chi connectivity index (χ3v) is 3.17. The summed E-state index contributed by atoms with van der Waals surface area (Å²) < 4.78 is 0. The van der Waals surface area contributed by atoms with Crippen LogP contribution in [0.25, 0.3) is 0 Å². The summed E-state index contributed by atoms with van der Waals surface area (Å²) in [6, 6.07) is 7.01. The first kappa shape index (κ1) is 15.0. The second-order valence-electron chi connectivity index (χ2n) is 5.30. The Morgan fingerprint density at radius 1 is 1.44 bits per heavy atom. The van der Waals surface area contributed by atoms with E-state index in [1.54, 1.807) is 24.3 Å². The molecule has 0 saturated carbocycles. The predicted octanol–water partition coefficient (Wildman–Crippen LogP) is 2.83. The fourth-order valence-corrected chi connectivity index (χ4v) is 2.29. The fraction of sp³-hybridized carbons (Fsp3) is 0.500. The lowest BCUT2D eigenvalue weighted by atomic mass is 9.90. The molecular formula is C14H21ClN2O. The number of halogens is 1. The number of hydrogen-bond acceptors (Lipinski definition) is 2. The van der Waals surface area contributed by atoms with Crippen LogP contribution in [0.2, 0.25) is 5.02 Å². The molecule has 1 unspecified atom stereocenters. The van der Waals surface area contributed by atoms with Gasteiger partial charge in [-0.15, -0.1) is 0 Å². The Morgan fingerprint density at radius 3 is 2.56 bits per heavy atom.